The second-order valence-electron chi connectivity index (χ2n) is 7.53. The Balaban J connectivity index is 1.44. The summed E-state index contributed by atoms with van der Waals surface area (Å²) in [4.78, 5) is 14.7. The molecular formula is C19H26N2O5S. The van der Waals surface area contributed by atoms with Crippen LogP contribution in [0.3, 0.4) is 0 Å². The molecule has 0 bridgehead atoms. The number of rotatable bonds is 4. The molecule has 3 fully saturated rings. The zero-order chi connectivity index (χ0) is 18.9. The number of nitrogens with one attached hydrogen (secondary N) is 1. The van der Waals surface area contributed by atoms with E-state index in [-0.39, 0.29) is 16.8 Å². The first kappa shape index (κ1) is 18.9. The SMILES string of the molecule is O=C(c1cccc(S(=O)(=O)NC2CCCC2)c1)N1CCC2(CC1)OCCO2. The molecule has 0 radical (unpaired) electrons. The smallest absolute Gasteiger partial charge is 0.253 e. The van der Waals surface area contributed by atoms with Gasteiger partial charge in [0.2, 0.25) is 10.0 Å². The van der Waals surface area contributed by atoms with Crippen LogP contribution in [0.25, 0.3) is 0 Å². The summed E-state index contributed by atoms with van der Waals surface area (Å²) >= 11 is 0. The van der Waals surface area contributed by atoms with Crippen LogP contribution in [-0.4, -0.2) is 57.4 Å². The molecule has 0 unspecified atom stereocenters. The molecular weight excluding hydrogens is 368 g/mol. The highest BCUT2D eigenvalue weighted by molar-refractivity contribution is 7.89. The van der Waals surface area contributed by atoms with Gasteiger partial charge < -0.3 is 14.4 Å². The summed E-state index contributed by atoms with van der Waals surface area (Å²) in [6.07, 6.45) is 5.13. The molecule has 1 aromatic carbocycles. The molecule has 2 aliphatic heterocycles. The van der Waals surface area contributed by atoms with E-state index in [0.29, 0.717) is 44.7 Å². The molecule has 1 amide bonds. The highest BCUT2D eigenvalue weighted by Crippen LogP contribution is 2.32. The number of carbonyl (C=O) groups is 1. The monoisotopic (exact) mass is 394 g/mol. The Labute approximate surface area is 160 Å². The van der Waals surface area contributed by atoms with E-state index < -0.39 is 15.8 Å². The molecule has 8 heteroatoms. The maximum absolute atomic E-state index is 12.9. The van der Waals surface area contributed by atoms with Gasteiger partial charge in [-0.15, -0.1) is 0 Å². The number of hydrogen-bond acceptors (Lipinski definition) is 5. The molecule has 1 aliphatic carbocycles. The number of sulfonamides is 1. The zero-order valence-corrected chi connectivity index (χ0v) is 16.2. The minimum absolute atomic E-state index is 0.000877. The largest absolute Gasteiger partial charge is 0.347 e. The molecule has 148 valence electrons. The quantitative estimate of drug-likeness (QED) is 0.843. The topological polar surface area (TPSA) is 84.9 Å². The van der Waals surface area contributed by atoms with E-state index in [1.165, 1.54) is 6.07 Å². The number of amides is 1. The maximum Gasteiger partial charge on any atom is 0.253 e. The first-order chi connectivity index (χ1) is 13.0. The summed E-state index contributed by atoms with van der Waals surface area (Å²) in [5.41, 5.74) is 0.397. The van der Waals surface area contributed by atoms with Crippen LogP contribution in [0.5, 0.6) is 0 Å². The van der Waals surface area contributed by atoms with Gasteiger partial charge in [0.1, 0.15) is 0 Å². The summed E-state index contributed by atoms with van der Waals surface area (Å²) < 4.78 is 39.4. The standard InChI is InChI=1S/C19H26N2O5S/c22-18(21-10-8-19(9-11-21)25-12-13-26-19)15-4-3-7-17(14-15)27(23,24)20-16-5-1-2-6-16/h3-4,7,14,16,20H,1-2,5-6,8-13H2. The summed E-state index contributed by atoms with van der Waals surface area (Å²) in [6, 6.07) is 6.32. The van der Waals surface area contributed by atoms with Crippen molar-refractivity contribution in [2.24, 2.45) is 0 Å². The van der Waals surface area contributed by atoms with Crippen LogP contribution in [0.15, 0.2) is 29.2 Å². The van der Waals surface area contributed by atoms with E-state index in [1.807, 2.05) is 0 Å². The van der Waals surface area contributed by atoms with Crippen molar-refractivity contribution in [2.75, 3.05) is 26.3 Å². The lowest BCUT2D eigenvalue weighted by Crippen LogP contribution is -2.47. The van der Waals surface area contributed by atoms with Crippen molar-refractivity contribution in [3.8, 4) is 0 Å². The number of piperidine rings is 1. The molecule has 1 N–H and O–H groups in total. The lowest BCUT2D eigenvalue weighted by molar-refractivity contribution is -0.181. The van der Waals surface area contributed by atoms with E-state index in [2.05, 4.69) is 4.72 Å². The van der Waals surface area contributed by atoms with Gasteiger partial charge in [-0.3, -0.25) is 4.79 Å². The number of benzene rings is 1. The van der Waals surface area contributed by atoms with Crippen LogP contribution >= 0.6 is 0 Å². The Morgan fingerprint density at radius 2 is 1.78 bits per heavy atom. The first-order valence-corrected chi connectivity index (χ1v) is 11.2. The zero-order valence-electron chi connectivity index (χ0n) is 15.4. The molecule has 0 aromatic heterocycles. The van der Waals surface area contributed by atoms with Gasteiger partial charge in [0, 0.05) is 37.5 Å². The summed E-state index contributed by atoms with van der Waals surface area (Å²) in [5.74, 6) is -0.687. The fourth-order valence-corrected chi connectivity index (χ4v) is 5.50. The minimum atomic E-state index is -3.61. The highest BCUT2D eigenvalue weighted by Gasteiger charge is 2.41. The average molecular weight is 394 g/mol. The Bertz CT molecular complexity index is 788. The van der Waals surface area contributed by atoms with Crippen molar-refractivity contribution < 1.29 is 22.7 Å². The molecule has 0 atom stereocenters. The number of hydrogen-bond donors (Lipinski definition) is 1. The van der Waals surface area contributed by atoms with Crippen molar-refractivity contribution in [2.45, 2.75) is 55.2 Å². The van der Waals surface area contributed by atoms with Gasteiger partial charge in [0.05, 0.1) is 18.1 Å². The van der Waals surface area contributed by atoms with Crippen molar-refractivity contribution in [1.82, 2.24) is 9.62 Å². The fourth-order valence-electron chi connectivity index (χ4n) is 4.15. The van der Waals surface area contributed by atoms with E-state index in [0.717, 1.165) is 25.7 Å². The number of ether oxygens (including phenoxy) is 2. The van der Waals surface area contributed by atoms with Crippen molar-refractivity contribution in [1.29, 1.82) is 0 Å². The summed E-state index contributed by atoms with van der Waals surface area (Å²) in [6.45, 7) is 2.27. The predicted octanol–water partition coefficient (Wildman–Crippen LogP) is 1.89. The van der Waals surface area contributed by atoms with Gasteiger partial charge in [0.25, 0.3) is 5.91 Å². The molecule has 4 rings (SSSR count). The molecule has 2 heterocycles. The second kappa shape index (κ2) is 7.50. The van der Waals surface area contributed by atoms with Crippen LogP contribution < -0.4 is 4.72 Å². The van der Waals surface area contributed by atoms with Gasteiger partial charge in [-0.05, 0) is 31.0 Å². The molecule has 1 saturated carbocycles. The van der Waals surface area contributed by atoms with Crippen LogP contribution in [0.2, 0.25) is 0 Å². The van der Waals surface area contributed by atoms with Crippen LogP contribution in [0, 0.1) is 0 Å². The summed E-state index contributed by atoms with van der Waals surface area (Å²) in [7, 11) is -3.61. The normalized spacial score (nSPS) is 23.2. The van der Waals surface area contributed by atoms with E-state index >= 15 is 0 Å². The lowest BCUT2D eigenvalue weighted by Gasteiger charge is -2.37. The molecule has 1 aromatic rings. The number of carbonyl (C=O) groups excluding carboxylic acids is 1. The van der Waals surface area contributed by atoms with Crippen LogP contribution in [-0.2, 0) is 19.5 Å². The summed E-state index contributed by atoms with van der Waals surface area (Å²) in [5, 5.41) is 0. The lowest BCUT2D eigenvalue weighted by atomic mass is 10.0. The third-order valence-corrected chi connectivity index (χ3v) is 7.21. The van der Waals surface area contributed by atoms with Gasteiger partial charge >= 0.3 is 0 Å². The molecule has 7 nitrogen and oxygen atoms in total. The number of likely N-dealkylation sites (tertiary alicyclic amines) is 1. The van der Waals surface area contributed by atoms with E-state index in [1.54, 1.807) is 23.1 Å². The van der Waals surface area contributed by atoms with Gasteiger partial charge in [-0.25, -0.2) is 13.1 Å². The van der Waals surface area contributed by atoms with E-state index in [4.69, 9.17) is 9.47 Å². The fraction of sp³-hybridized carbons (Fsp3) is 0.632. The van der Waals surface area contributed by atoms with Crippen molar-refractivity contribution >= 4 is 15.9 Å². The van der Waals surface area contributed by atoms with E-state index in [9.17, 15) is 13.2 Å². The third-order valence-electron chi connectivity index (χ3n) is 5.69. The second-order valence-corrected chi connectivity index (χ2v) is 9.24. The minimum Gasteiger partial charge on any atom is -0.347 e. The number of nitrogens with zero attached hydrogens (tertiary/aromatic N) is 1. The first-order valence-electron chi connectivity index (χ1n) is 9.67. The predicted molar refractivity (Wildman–Crippen MR) is 98.8 cm³/mol. The van der Waals surface area contributed by atoms with Gasteiger partial charge in [-0.1, -0.05) is 18.9 Å². The highest BCUT2D eigenvalue weighted by atomic mass is 32.2. The van der Waals surface area contributed by atoms with Gasteiger partial charge in [-0.2, -0.15) is 0 Å². The Kier molecular flexibility index (Phi) is 5.24. The van der Waals surface area contributed by atoms with Gasteiger partial charge in [0.15, 0.2) is 5.79 Å². The Hall–Kier alpha value is -1.48. The molecule has 27 heavy (non-hydrogen) atoms. The third kappa shape index (κ3) is 4.03. The molecule has 2 saturated heterocycles. The van der Waals surface area contributed by atoms with Crippen LogP contribution in [0.1, 0.15) is 48.9 Å². The average Bonchev–Trinajstić information content (AvgIpc) is 3.34. The van der Waals surface area contributed by atoms with Crippen LogP contribution in [0.4, 0.5) is 0 Å². The molecule has 1 spiro atoms. The van der Waals surface area contributed by atoms with Crippen molar-refractivity contribution in [3.05, 3.63) is 29.8 Å². The van der Waals surface area contributed by atoms with Crippen molar-refractivity contribution in [3.63, 3.8) is 0 Å². The Morgan fingerprint density at radius 3 is 2.44 bits per heavy atom. The maximum atomic E-state index is 12.9. The molecule has 3 aliphatic rings. The Morgan fingerprint density at radius 1 is 1.11 bits per heavy atom.